The molecule has 0 saturated carbocycles. The summed E-state index contributed by atoms with van der Waals surface area (Å²) in [7, 11) is 0. The van der Waals surface area contributed by atoms with E-state index in [2.05, 4.69) is 29.2 Å². The van der Waals surface area contributed by atoms with Gasteiger partial charge < -0.3 is 23.8 Å². The summed E-state index contributed by atoms with van der Waals surface area (Å²) in [4.78, 5) is 14.9. The molecular formula is C25H17NO5S. The Morgan fingerprint density at radius 1 is 0.656 bits per heavy atom. The summed E-state index contributed by atoms with van der Waals surface area (Å²) in [6, 6.07) is 23.8. The van der Waals surface area contributed by atoms with Crippen molar-refractivity contribution in [1.82, 2.24) is 0 Å². The first-order chi connectivity index (χ1) is 15.8. The fourth-order valence-corrected chi connectivity index (χ4v) is 4.67. The van der Waals surface area contributed by atoms with Gasteiger partial charge in [-0.2, -0.15) is 0 Å². The highest BCUT2D eigenvalue weighted by molar-refractivity contribution is 7.17. The molecule has 6 rings (SSSR count). The number of aldehydes is 1. The number of thiophene rings is 1. The monoisotopic (exact) mass is 443 g/mol. The molecule has 0 atom stereocenters. The zero-order valence-electron chi connectivity index (χ0n) is 16.8. The maximum Gasteiger partial charge on any atom is 0.231 e. The maximum atomic E-state index is 11.0. The van der Waals surface area contributed by atoms with E-state index >= 15 is 0 Å². The fraction of sp³-hybridized carbons (Fsp3) is 0.0800. The van der Waals surface area contributed by atoms with Gasteiger partial charge in [-0.1, -0.05) is 12.1 Å². The van der Waals surface area contributed by atoms with Crippen molar-refractivity contribution in [3.05, 3.63) is 77.7 Å². The van der Waals surface area contributed by atoms with Gasteiger partial charge in [-0.25, -0.2) is 0 Å². The predicted octanol–water partition coefficient (Wildman–Crippen LogP) is 6.15. The molecule has 0 aliphatic carbocycles. The van der Waals surface area contributed by atoms with Crippen molar-refractivity contribution < 1.29 is 23.7 Å². The minimum atomic E-state index is 0.223. The third-order valence-electron chi connectivity index (χ3n) is 5.38. The highest BCUT2D eigenvalue weighted by Gasteiger charge is 2.21. The summed E-state index contributed by atoms with van der Waals surface area (Å²) in [5, 5.41) is 0. The molecule has 158 valence electrons. The molecule has 1 aromatic heterocycles. The second kappa shape index (κ2) is 7.62. The van der Waals surface area contributed by atoms with Crippen LogP contribution in [0, 0.1) is 0 Å². The van der Waals surface area contributed by atoms with Crippen molar-refractivity contribution in [1.29, 1.82) is 0 Å². The van der Waals surface area contributed by atoms with E-state index in [1.54, 1.807) is 0 Å². The minimum absolute atomic E-state index is 0.223. The highest BCUT2D eigenvalue weighted by Crippen LogP contribution is 2.44. The van der Waals surface area contributed by atoms with E-state index in [1.807, 2.05) is 48.5 Å². The number of fused-ring (bicyclic) bond motifs is 2. The molecule has 0 bridgehead atoms. The molecule has 6 nitrogen and oxygen atoms in total. The van der Waals surface area contributed by atoms with E-state index in [-0.39, 0.29) is 13.6 Å². The van der Waals surface area contributed by atoms with Crippen LogP contribution >= 0.6 is 11.3 Å². The summed E-state index contributed by atoms with van der Waals surface area (Å²) < 4.78 is 22.2. The SMILES string of the molecule is O=Cc1ccc(-c2ccc(N(c3ccc4c(c3)OCO4)c3ccc4c(c3)OCO4)cc2)s1. The lowest BCUT2D eigenvalue weighted by Gasteiger charge is -2.26. The number of carbonyl (C=O) groups is 1. The zero-order valence-corrected chi connectivity index (χ0v) is 17.6. The summed E-state index contributed by atoms with van der Waals surface area (Å²) >= 11 is 1.48. The summed E-state index contributed by atoms with van der Waals surface area (Å²) in [5.74, 6) is 2.89. The van der Waals surface area contributed by atoms with E-state index in [4.69, 9.17) is 18.9 Å². The molecule has 3 aromatic carbocycles. The maximum absolute atomic E-state index is 11.0. The molecule has 4 aromatic rings. The average Bonchev–Trinajstić information content (AvgIpc) is 3.59. The molecule has 2 aliphatic rings. The number of rotatable bonds is 5. The molecule has 0 amide bonds. The number of nitrogens with zero attached hydrogens (tertiary/aromatic N) is 1. The molecule has 2 aliphatic heterocycles. The second-order valence-corrected chi connectivity index (χ2v) is 8.39. The molecule has 0 radical (unpaired) electrons. The van der Waals surface area contributed by atoms with Crippen molar-refractivity contribution in [3.63, 3.8) is 0 Å². The molecule has 7 heteroatoms. The number of hydrogen-bond acceptors (Lipinski definition) is 7. The Morgan fingerprint density at radius 2 is 1.22 bits per heavy atom. The van der Waals surface area contributed by atoms with Gasteiger partial charge in [-0.3, -0.25) is 4.79 Å². The quantitative estimate of drug-likeness (QED) is 0.345. The van der Waals surface area contributed by atoms with Crippen LogP contribution < -0.4 is 23.8 Å². The first-order valence-corrected chi connectivity index (χ1v) is 10.8. The molecular weight excluding hydrogens is 426 g/mol. The van der Waals surface area contributed by atoms with Crippen molar-refractivity contribution in [2.45, 2.75) is 0 Å². The zero-order chi connectivity index (χ0) is 21.5. The molecule has 0 N–H and O–H groups in total. The lowest BCUT2D eigenvalue weighted by molar-refractivity contribution is 0.112. The third-order valence-corrected chi connectivity index (χ3v) is 6.44. The standard InChI is InChI=1S/C25H17NO5S/c27-13-20-7-10-25(32-20)16-1-3-17(4-2-16)26(18-5-8-21-23(11-18)30-14-28-21)19-6-9-22-24(12-19)31-15-29-22/h1-13H,14-15H2. The average molecular weight is 443 g/mol. The van der Waals surface area contributed by atoms with E-state index in [0.29, 0.717) is 16.4 Å². The Hall–Kier alpha value is -3.97. The van der Waals surface area contributed by atoms with Crippen LogP contribution in [0.3, 0.4) is 0 Å². The van der Waals surface area contributed by atoms with Gasteiger partial charge in [-0.15, -0.1) is 11.3 Å². The van der Waals surface area contributed by atoms with Crippen LogP contribution in [0.2, 0.25) is 0 Å². The highest BCUT2D eigenvalue weighted by atomic mass is 32.1. The van der Waals surface area contributed by atoms with Crippen LogP contribution in [0.4, 0.5) is 17.1 Å². The van der Waals surface area contributed by atoms with Crippen LogP contribution in [-0.2, 0) is 0 Å². The fourth-order valence-electron chi connectivity index (χ4n) is 3.84. The van der Waals surface area contributed by atoms with Crippen molar-refractivity contribution in [2.75, 3.05) is 18.5 Å². The Morgan fingerprint density at radius 3 is 1.78 bits per heavy atom. The Labute approximate surface area is 188 Å². The Kier molecular flexibility index (Phi) is 4.47. The van der Waals surface area contributed by atoms with Gasteiger partial charge in [0.15, 0.2) is 29.3 Å². The summed E-state index contributed by atoms with van der Waals surface area (Å²) in [6.07, 6.45) is 0.879. The Bertz CT molecular complexity index is 1260. The Balaban J connectivity index is 1.43. The number of carbonyl (C=O) groups excluding carboxylic acids is 1. The van der Waals surface area contributed by atoms with Gasteiger partial charge in [0.2, 0.25) is 13.6 Å². The van der Waals surface area contributed by atoms with Crippen molar-refractivity contribution in [2.24, 2.45) is 0 Å². The molecule has 0 unspecified atom stereocenters. The largest absolute Gasteiger partial charge is 0.454 e. The van der Waals surface area contributed by atoms with E-state index < -0.39 is 0 Å². The minimum Gasteiger partial charge on any atom is -0.454 e. The lowest BCUT2D eigenvalue weighted by Crippen LogP contribution is -2.09. The topological polar surface area (TPSA) is 57.2 Å². The first-order valence-electron chi connectivity index (χ1n) is 10.0. The first kappa shape index (κ1) is 18.8. The number of anilines is 3. The normalized spacial score (nSPS) is 13.2. The van der Waals surface area contributed by atoms with Crippen molar-refractivity contribution >= 4 is 34.7 Å². The van der Waals surface area contributed by atoms with Crippen LogP contribution in [-0.4, -0.2) is 19.9 Å². The smallest absolute Gasteiger partial charge is 0.231 e. The van der Waals surface area contributed by atoms with E-state index in [9.17, 15) is 4.79 Å². The number of benzene rings is 3. The van der Waals surface area contributed by atoms with Gasteiger partial charge in [-0.05, 0) is 54.1 Å². The molecule has 0 fully saturated rings. The van der Waals surface area contributed by atoms with Crippen LogP contribution in [0.25, 0.3) is 10.4 Å². The number of ether oxygens (including phenoxy) is 4. The molecule has 3 heterocycles. The van der Waals surface area contributed by atoms with E-state index in [0.717, 1.165) is 45.3 Å². The molecule has 32 heavy (non-hydrogen) atoms. The number of hydrogen-bond donors (Lipinski definition) is 0. The van der Waals surface area contributed by atoms with Crippen LogP contribution in [0.5, 0.6) is 23.0 Å². The van der Waals surface area contributed by atoms with E-state index in [1.165, 1.54) is 11.3 Å². The van der Waals surface area contributed by atoms with Gasteiger partial charge in [0.05, 0.1) is 16.3 Å². The van der Waals surface area contributed by atoms with Crippen molar-refractivity contribution in [3.8, 4) is 33.4 Å². The third kappa shape index (κ3) is 3.23. The molecule has 0 spiro atoms. The lowest BCUT2D eigenvalue weighted by atomic mass is 10.1. The summed E-state index contributed by atoms with van der Waals surface area (Å²) in [6.45, 7) is 0.447. The van der Waals surface area contributed by atoms with Crippen LogP contribution in [0.1, 0.15) is 9.67 Å². The van der Waals surface area contributed by atoms with Gasteiger partial charge in [0.25, 0.3) is 0 Å². The van der Waals surface area contributed by atoms with Gasteiger partial charge in [0.1, 0.15) is 0 Å². The van der Waals surface area contributed by atoms with Gasteiger partial charge in [0, 0.05) is 22.7 Å². The summed E-state index contributed by atoms with van der Waals surface area (Å²) in [5.41, 5.74) is 3.89. The van der Waals surface area contributed by atoms with Gasteiger partial charge >= 0.3 is 0 Å². The molecule has 0 saturated heterocycles. The second-order valence-electron chi connectivity index (χ2n) is 7.28. The van der Waals surface area contributed by atoms with Crippen LogP contribution in [0.15, 0.2) is 72.8 Å². The predicted molar refractivity (Wildman–Crippen MR) is 122 cm³/mol.